The molecule has 2 saturated heterocycles. The summed E-state index contributed by atoms with van der Waals surface area (Å²) in [4.78, 5) is 12.7. The van der Waals surface area contributed by atoms with E-state index in [0.29, 0.717) is 25.6 Å². The summed E-state index contributed by atoms with van der Waals surface area (Å²) in [6.07, 6.45) is -3.25. The number of carboxylic acids is 1. The lowest BCUT2D eigenvalue weighted by Crippen LogP contribution is -2.39. The van der Waals surface area contributed by atoms with Crippen LogP contribution < -0.4 is 0 Å². The minimum absolute atomic E-state index is 0.120. The number of hydrogen-bond donors (Lipinski definition) is 1. The van der Waals surface area contributed by atoms with E-state index in [1.165, 1.54) is 10.4 Å². The summed E-state index contributed by atoms with van der Waals surface area (Å²) < 4.78 is 64.5. The highest BCUT2D eigenvalue weighted by molar-refractivity contribution is 7.90. The number of carbonyl (C=O) groups is 1. The zero-order valence-corrected chi connectivity index (χ0v) is 18.1. The van der Waals surface area contributed by atoms with E-state index in [1.807, 2.05) is 0 Å². The minimum atomic E-state index is -5.08. The molecule has 4 rings (SSSR count). The minimum Gasteiger partial charge on any atom is -0.475 e. The van der Waals surface area contributed by atoms with Crippen LogP contribution in [0.2, 0.25) is 0 Å². The second-order valence-electron chi connectivity index (χ2n) is 7.80. The van der Waals surface area contributed by atoms with Gasteiger partial charge in [-0.25, -0.2) is 13.2 Å². The molecule has 2 atom stereocenters. The van der Waals surface area contributed by atoms with E-state index in [-0.39, 0.29) is 11.4 Å². The molecular weight excluding hydrogens is 445 g/mol. The van der Waals surface area contributed by atoms with Crippen molar-refractivity contribution in [1.82, 2.24) is 9.21 Å². The zero-order valence-electron chi connectivity index (χ0n) is 16.5. The average molecular weight is 471 g/mol. The molecule has 0 radical (unpaired) electrons. The molecule has 0 unspecified atom stereocenters. The zero-order chi connectivity index (χ0) is 22.1. The van der Waals surface area contributed by atoms with E-state index in [4.69, 9.17) is 14.6 Å². The van der Waals surface area contributed by atoms with E-state index < -0.39 is 22.2 Å². The average Bonchev–Trinajstić information content (AvgIpc) is 3.39. The predicted molar refractivity (Wildman–Crippen MR) is 105 cm³/mol. The van der Waals surface area contributed by atoms with Crippen LogP contribution in [0.4, 0.5) is 13.2 Å². The van der Waals surface area contributed by atoms with E-state index >= 15 is 0 Å². The summed E-state index contributed by atoms with van der Waals surface area (Å²) in [5.41, 5.74) is 1.35. The Hall–Kier alpha value is -1.21. The van der Waals surface area contributed by atoms with Gasteiger partial charge >= 0.3 is 12.1 Å². The highest BCUT2D eigenvalue weighted by Crippen LogP contribution is 2.34. The number of carboxylic acid groups (broad SMARTS) is 1. The summed E-state index contributed by atoms with van der Waals surface area (Å²) in [5.74, 6) is -2.46. The topological polar surface area (TPSA) is 87.2 Å². The van der Waals surface area contributed by atoms with Gasteiger partial charge in [0.1, 0.15) is 0 Å². The van der Waals surface area contributed by atoms with E-state index in [1.54, 1.807) is 15.6 Å². The Kier molecular flexibility index (Phi) is 7.12. The third kappa shape index (κ3) is 5.72. The Morgan fingerprint density at radius 3 is 2.50 bits per heavy atom. The number of hydrogen-bond acceptors (Lipinski definition) is 6. The first-order valence-electron chi connectivity index (χ1n) is 9.64. The molecule has 0 bridgehead atoms. The van der Waals surface area contributed by atoms with Crippen molar-refractivity contribution < 1.29 is 36.2 Å². The number of halogens is 3. The molecule has 3 aliphatic rings. The number of fused-ring (bicyclic) bond motifs is 1. The molecule has 0 amide bonds. The van der Waals surface area contributed by atoms with Gasteiger partial charge in [-0.2, -0.15) is 17.5 Å². The first kappa shape index (κ1) is 23.5. The highest BCUT2D eigenvalue weighted by atomic mass is 32.2. The quantitative estimate of drug-likeness (QED) is 0.727. The molecule has 170 valence electrons. The van der Waals surface area contributed by atoms with Crippen molar-refractivity contribution in [3.63, 3.8) is 0 Å². The largest absolute Gasteiger partial charge is 0.490 e. The van der Waals surface area contributed by atoms with Crippen molar-refractivity contribution in [2.24, 2.45) is 5.92 Å². The van der Waals surface area contributed by atoms with Gasteiger partial charge in [0.15, 0.2) is 0 Å². The standard InChI is InChI=1S/C16H24N2O3S2.C2HF3O2/c1-12-4-7-22-16(12)11-17-8-13-9-18(5-6-21-15(13)10-17)23(19,20)14-2-3-14;3-2(4,5)1(6)7/h4,7,13-15H,2-3,5-6,8-11H2,1H3;(H,6,7)/t13-,15-;/m1./s1. The Labute approximate surface area is 177 Å². The molecule has 1 aliphatic carbocycles. The van der Waals surface area contributed by atoms with Crippen molar-refractivity contribution in [1.29, 1.82) is 0 Å². The molecule has 7 nitrogen and oxygen atoms in total. The number of likely N-dealkylation sites (tertiary alicyclic amines) is 1. The number of aliphatic carboxylic acids is 1. The lowest BCUT2D eigenvalue weighted by Gasteiger charge is -2.23. The Bertz CT molecular complexity index is 854. The van der Waals surface area contributed by atoms with Crippen molar-refractivity contribution in [2.75, 3.05) is 32.8 Å². The van der Waals surface area contributed by atoms with Crippen LogP contribution in [0.1, 0.15) is 23.3 Å². The lowest BCUT2D eigenvalue weighted by atomic mass is 10.1. The fourth-order valence-corrected chi connectivity index (χ4v) is 6.49. The fraction of sp³-hybridized carbons (Fsp3) is 0.722. The Morgan fingerprint density at radius 1 is 1.30 bits per heavy atom. The number of alkyl halides is 3. The molecule has 1 N–H and O–H groups in total. The summed E-state index contributed by atoms with van der Waals surface area (Å²) in [6, 6.07) is 2.16. The van der Waals surface area contributed by atoms with Gasteiger partial charge in [0.25, 0.3) is 0 Å². The molecule has 3 fully saturated rings. The van der Waals surface area contributed by atoms with Crippen molar-refractivity contribution in [2.45, 2.75) is 43.8 Å². The van der Waals surface area contributed by atoms with E-state index in [0.717, 1.165) is 32.5 Å². The van der Waals surface area contributed by atoms with E-state index in [9.17, 15) is 21.6 Å². The highest BCUT2D eigenvalue weighted by Gasteiger charge is 2.44. The van der Waals surface area contributed by atoms with E-state index in [2.05, 4.69) is 23.3 Å². The van der Waals surface area contributed by atoms with Gasteiger partial charge < -0.3 is 9.84 Å². The number of ether oxygens (including phenoxy) is 1. The van der Waals surface area contributed by atoms with Gasteiger partial charge in [-0.3, -0.25) is 4.90 Å². The third-order valence-electron chi connectivity index (χ3n) is 5.45. The van der Waals surface area contributed by atoms with Gasteiger partial charge in [-0.1, -0.05) is 0 Å². The summed E-state index contributed by atoms with van der Waals surface area (Å²) in [7, 11) is -3.09. The Balaban J connectivity index is 0.000000318. The van der Waals surface area contributed by atoms with Crippen molar-refractivity contribution in [3.05, 3.63) is 21.9 Å². The van der Waals surface area contributed by atoms with Gasteiger partial charge in [-0.15, -0.1) is 11.3 Å². The normalized spacial score (nSPS) is 25.9. The van der Waals surface area contributed by atoms with Crippen LogP contribution in [0.15, 0.2) is 11.4 Å². The molecule has 2 aliphatic heterocycles. The fourth-order valence-electron chi connectivity index (χ4n) is 3.66. The second kappa shape index (κ2) is 9.11. The molecule has 30 heavy (non-hydrogen) atoms. The van der Waals surface area contributed by atoms with Crippen LogP contribution in [-0.2, 0) is 26.1 Å². The SMILES string of the molecule is Cc1ccsc1CN1C[C@@H]2CN(S(=O)(=O)C3CC3)CCO[C@@H]2C1.O=C(O)C(F)(F)F. The Morgan fingerprint density at radius 2 is 1.97 bits per heavy atom. The molecule has 1 aromatic heterocycles. The maximum absolute atomic E-state index is 12.5. The third-order valence-corrected chi connectivity index (χ3v) is 8.82. The number of rotatable bonds is 4. The lowest BCUT2D eigenvalue weighted by molar-refractivity contribution is -0.192. The van der Waals surface area contributed by atoms with Crippen LogP contribution in [0.3, 0.4) is 0 Å². The van der Waals surface area contributed by atoms with Gasteiger partial charge in [-0.05, 0) is 36.8 Å². The van der Waals surface area contributed by atoms with Crippen LogP contribution in [0.25, 0.3) is 0 Å². The number of sulfonamides is 1. The molecule has 3 heterocycles. The van der Waals surface area contributed by atoms with Crippen molar-refractivity contribution in [3.8, 4) is 0 Å². The molecule has 1 saturated carbocycles. The number of thiophene rings is 1. The van der Waals surface area contributed by atoms with Crippen LogP contribution >= 0.6 is 11.3 Å². The van der Waals surface area contributed by atoms with Gasteiger partial charge in [0.05, 0.1) is 18.0 Å². The summed E-state index contributed by atoms with van der Waals surface area (Å²) in [5, 5.41) is 9.14. The monoisotopic (exact) mass is 470 g/mol. The summed E-state index contributed by atoms with van der Waals surface area (Å²) >= 11 is 1.80. The maximum atomic E-state index is 12.5. The van der Waals surface area contributed by atoms with Gasteiger partial charge in [0.2, 0.25) is 10.0 Å². The molecule has 1 aromatic rings. The summed E-state index contributed by atoms with van der Waals surface area (Å²) in [6.45, 7) is 6.63. The van der Waals surface area contributed by atoms with Crippen molar-refractivity contribution >= 4 is 27.3 Å². The molecule has 12 heteroatoms. The second-order valence-corrected chi connectivity index (χ2v) is 11.0. The smallest absolute Gasteiger partial charge is 0.475 e. The number of aryl methyl sites for hydroxylation is 1. The number of nitrogens with zero attached hydrogens (tertiary/aromatic N) is 2. The first-order valence-corrected chi connectivity index (χ1v) is 12.0. The predicted octanol–water partition coefficient (Wildman–Crippen LogP) is 2.31. The maximum Gasteiger partial charge on any atom is 0.490 e. The first-order chi connectivity index (χ1) is 14.0. The molecule has 0 aromatic carbocycles. The van der Waals surface area contributed by atoms with Gasteiger partial charge in [0, 0.05) is 43.5 Å². The van der Waals surface area contributed by atoms with Crippen LogP contribution in [0.5, 0.6) is 0 Å². The molecule has 0 spiro atoms. The molecular formula is C18H25F3N2O5S2. The van der Waals surface area contributed by atoms with Crippen LogP contribution in [0, 0.1) is 12.8 Å². The van der Waals surface area contributed by atoms with Crippen LogP contribution in [-0.4, -0.2) is 79.0 Å².